The zero-order valence-corrected chi connectivity index (χ0v) is 17.8. The fraction of sp³-hybridized carbons (Fsp3) is 0.208. The molecular weight excluding hydrogens is 426 g/mol. The highest BCUT2D eigenvalue weighted by Gasteiger charge is 2.38. The van der Waals surface area contributed by atoms with Crippen LogP contribution in [0.1, 0.15) is 17.2 Å². The van der Waals surface area contributed by atoms with Crippen LogP contribution in [0, 0.1) is 10.1 Å². The second kappa shape index (κ2) is 8.34. The number of hydrogen-bond acceptors (Lipinski definition) is 7. The van der Waals surface area contributed by atoms with Crippen LogP contribution in [0.3, 0.4) is 0 Å². The summed E-state index contributed by atoms with van der Waals surface area (Å²) in [5.41, 5.74) is 2.56. The number of benzene rings is 3. The van der Waals surface area contributed by atoms with Crippen molar-refractivity contribution in [1.29, 1.82) is 0 Å². The molecule has 0 saturated heterocycles. The first-order valence-corrected chi connectivity index (χ1v) is 10.4. The van der Waals surface area contributed by atoms with Gasteiger partial charge in [-0.1, -0.05) is 18.2 Å². The van der Waals surface area contributed by atoms with Crippen molar-refractivity contribution in [1.82, 2.24) is 0 Å². The molecule has 1 atom stereocenters. The van der Waals surface area contributed by atoms with E-state index in [1.54, 1.807) is 37.4 Å². The number of ether oxygens (including phenoxy) is 3. The number of rotatable bonds is 6. The second-order valence-electron chi connectivity index (χ2n) is 7.71. The SMILES string of the molecule is COc1ccc(NC(=O)C(c2cc3c(cc2[N+](=O)[O-])OCO3)N2CCc3ccccc32)cc1. The minimum Gasteiger partial charge on any atom is -0.497 e. The zero-order chi connectivity index (χ0) is 22.9. The molecule has 0 bridgehead atoms. The number of nitrogens with one attached hydrogen (secondary N) is 1. The number of nitro benzene ring substituents is 1. The molecule has 1 N–H and O–H groups in total. The van der Waals surface area contributed by atoms with Crippen LogP contribution in [-0.2, 0) is 11.2 Å². The fourth-order valence-corrected chi connectivity index (χ4v) is 4.29. The van der Waals surface area contributed by atoms with E-state index in [9.17, 15) is 14.9 Å². The van der Waals surface area contributed by atoms with E-state index in [1.165, 1.54) is 6.07 Å². The molecule has 0 aromatic heterocycles. The standard InChI is InChI=1S/C24H21N3O6/c1-31-17-8-6-16(7-9-17)25-24(28)23(26-11-10-15-4-2-3-5-19(15)26)18-12-21-22(33-14-32-21)13-20(18)27(29)30/h2-9,12-13,23H,10-11,14H2,1H3,(H,25,28). The van der Waals surface area contributed by atoms with E-state index < -0.39 is 11.0 Å². The van der Waals surface area contributed by atoms with Crippen LogP contribution < -0.4 is 24.4 Å². The van der Waals surface area contributed by atoms with Crippen molar-refractivity contribution in [2.75, 3.05) is 30.7 Å². The van der Waals surface area contributed by atoms with Gasteiger partial charge in [-0.2, -0.15) is 0 Å². The highest BCUT2D eigenvalue weighted by molar-refractivity contribution is 5.99. The van der Waals surface area contributed by atoms with Crippen molar-refractivity contribution in [3.05, 3.63) is 81.9 Å². The number of para-hydroxylation sites is 1. The Morgan fingerprint density at radius 3 is 2.58 bits per heavy atom. The maximum Gasteiger partial charge on any atom is 0.279 e. The predicted octanol–water partition coefficient (Wildman–Crippen LogP) is 4.07. The first kappa shape index (κ1) is 20.6. The Morgan fingerprint density at radius 2 is 1.85 bits per heavy atom. The van der Waals surface area contributed by atoms with Gasteiger partial charge in [0.15, 0.2) is 11.5 Å². The van der Waals surface area contributed by atoms with E-state index in [0.29, 0.717) is 29.5 Å². The van der Waals surface area contributed by atoms with Gasteiger partial charge >= 0.3 is 0 Å². The summed E-state index contributed by atoms with van der Waals surface area (Å²) in [5.74, 6) is 0.940. The Hall–Kier alpha value is -4.27. The molecule has 5 rings (SSSR count). The third-order valence-corrected chi connectivity index (χ3v) is 5.85. The number of fused-ring (bicyclic) bond motifs is 2. The van der Waals surface area contributed by atoms with Crippen LogP contribution in [0.25, 0.3) is 0 Å². The minimum absolute atomic E-state index is 0.0226. The van der Waals surface area contributed by atoms with Crippen molar-refractivity contribution in [2.24, 2.45) is 0 Å². The topological polar surface area (TPSA) is 103 Å². The lowest BCUT2D eigenvalue weighted by molar-refractivity contribution is -0.385. The summed E-state index contributed by atoms with van der Waals surface area (Å²) in [6.07, 6.45) is 0.737. The van der Waals surface area contributed by atoms with Gasteiger partial charge in [-0.3, -0.25) is 14.9 Å². The van der Waals surface area contributed by atoms with E-state index in [2.05, 4.69) is 5.32 Å². The van der Waals surface area contributed by atoms with Crippen molar-refractivity contribution >= 4 is 23.0 Å². The molecule has 0 saturated carbocycles. The van der Waals surface area contributed by atoms with E-state index in [0.717, 1.165) is 17.7 Å². The third-order valence-electron chi connectivity index (χ3n) is 5.85. The lowest BCUT2D eigenvalue weighted by Crippen LogP contribution is -2.36. The number of carbonyl (C=O) groups is 1. The van der Waals surface area contributed by atoms with Gasteiger partial charge in [0.05, 0.1) is 23.7 Å². The van der Waals surface area contributed by atoms with Gasteiger partial charge in [0.1, 0.15) is 11.8 Å². The molecular formula is C24H21N3O6. The van der Waals surface area contributed by atoms with Gasteiger partial charge in [0.2, 0.25) is 6.79 Å². The number of nitrogens with zero attached hydrogens (tertiary/aromatic N) is 2. The Balaban J connectivity index is 1.59. The molecule has 0 aliphatic carbocycles. The van der Waals surface area contributed by atoms with Crippen molar-refractivity contribution < 1.29 is 23.9 Å². The minimum atomic E-state index is -0.953. The molecule has 0 radical (unpaired) electrons. The first-order chi connectivity index (χ1) is 16.0. The number of amides is 1. The number of methoxy groups -OCH3 is 1. The van der Waals surface area contributed by atoms with E-state index in [4.69, 9.17) is 14.2 Å². The van der Waals surface area contributed by atoms with Gasteiger partial charge in [0, 0.05) is 17.9 Å². The van der Waals surface area contributed by atoms with Crippen molar-refractivity contribution in [3.8, 4) is 17.2 Å². The van der Waals surface area contributed by atoms with Crippen LogP contribution in [0.2, 0.25) is 0 Å². The number of nitro groups is 1. The summed E-state index contributed by atoms with van der Waals surface area (Å²) in [5, 5.41) is 14.9. The molecule has 9 heteroatoms. The quantitative estimate of drug-likeness (QED) is 0.449. The number of hydrogen-bond donors (Lipinski definition) is 1. The molecule has 0 spiro atoms. The summed E-state index contributed by atoms with van der Waals surface area (Å²) >= 11 is 0. The molecule has 3 aromatic carbocycles. The van der Waals surface area contributed by atoms with Gasteiger partial charge in [-0.05, 0) is 48.4 Å². The Labute approximate surface area is 189 Å². The van der Waals surface area contributed by atoms with Gasteiger partial charge < -0.3 is 24.4 Å². The highest BCUT2D eigenvalue weighted by Crippen LogP contribution is 2.44. The zero-order valence-electron chi connectivity index (χ0n) is 17.8. The second-order valence-corrected chi connectivity index (χ2v) is 7.71. The largest absolute Gasteiger partial charge is 0.497 e. The molecule has 3 aromatic rings. The maximum atomic E-state index is 13.7. The summed E-state index contributed by atoms with van der Waals surface area (Å²) in [6, 6.07) is 16.6. The monoisotopic (exact) mass is 447 g/mol. The van der Waals surface area contributed by atoms with Crippen LogP contribution >= 0.6 is 0 Å². The maximum absolute atomic E-state index is 13.7. The van der Waals surface area contributed by atoms with Crippen molar-refractivity contribution in [2.45, 2.75) is 12.5 Å². The Morgan fingerprint density at radius 1 is 1.12 bits per heavy atom. The Bertz CT molecular complexity index is 1230. The molecule has 1 unspecified atom stereocenters. The molecule has 1 amide bonds. The fourth-order valence-electron chi connectivity index (χ4n) is 4.29. The van der Waals surface area contributed by atoms with Gasteiger partial charge in [-0.15, -0.1) is 0 Å². The summed E-state index contributed by atoms with van der Waals surface area (Å²) in [7, 11) is 1.56. The lowest BCUT2D eigenvalue weighted by atomic mass is 10.0. The van der Waals surface area contributed by atoms with E-state index in [1.807, 2.05) is 29.2 Å². The van der Waals surface area contributed by atoms with E-state index >= 15 is 0 Å². The van der Waals surface area contributed by atoms with Crippen LogP contribution in [0.15, 0.2) is 60.7 Å². The average Bonchev–Trinajstić information content (AvgIpc) is 3.46. The summed E-state index contributed by atoms with van der Waals surface area (Å²) in [4.78, 5) is 27.1. The molecule has 9 nitrogen and oxygen atoms in total. The van der Waals surface area contributed by atoms with Crippen LogP contribution in [-0.4, -0.2) is 31.3 Å². The highest BCUT2D eigenvalue weighted by atomic mass is 16.7. The van der Waals surface area contributed by atoms with E-state index in [-0.39, 0.29) is 24.0 Å². The van der Waals surface area contributed by atoms with Crippen molar-refractivity contribution in [3.63, 3.8) is 0 Å². The third kappa shape index (κ3) is 3.78. The number of carbonyl (C=O) groups excluding carboxylic acids is 1. The molecule has 168 valence electrons. The first-order valence-electron chi connectivity index (χ1n) is 10.4. The predicted molar refractivity (Wildman–Crippen MR) is 121 cm³/mol. The van der Waals surface area contributed by atoms with Gasteiger partial charge in [0.25, 0.3) is 11.6 Å². The normalized spacial score (nSPS) is 14.5. The molecule has 2 aliphatic rings. The molecule has 2 aliphatic heterocycles. The average molecular weight is 447 g/mol. The number of anilines is 2. The summed E-state index contributed by atoms with van der Waals surface area (Å²) < 4.78 is 16.0. The van der Waals surface area contributed by atoms with Gasteiger partial charge in [-0.25, -0.2) is 0 Å². The van der Waals surface area contributed by atoms with Crippen LogP contribution in [0.4, 0.5) is 17.1 Å². The van der Waals surface area contributed by atoms with Crippen LogP contribution in [0.5, 0.6) is 17.2 Å². The Kier molecular flexibility index (Phi) is 5.21. The smallest absolute Gasteiger partial charge is 0.279 e. The molecule has 0 fully saturated rings. The summed E-state index contributed by atoms with van der Waals surface area (Å²) in [6.45, 7) is 0.525. The molecule has 2 heterocycles. The lowest BCUT2D eigenvalue weighted by Gasteiger charge is -2.29. The molecule has 33 heavy (non-hydrogen) atoms.